The Bertz CT molecular complexity index is 167. The zero-order valence-electron chi connectivity index (χ0n) is 6.76. The van der Waals surface area contributed by atoms with Gasteiger partial charge in [-0.1, -0.05) is 6.92 Å². The second-order valence-corrected chi connectivity index (χ2v) is 2.84. The van der Waals surface area contributed by atoms with Crippen LogP contribution in [0.5, 0.6) is 0 Å². The maximum atomic E-state index is 10.1. The summed E-state index contributed by atoms with van der Waals surface area (Å²) in [5.74, 6) is 0. The van der Waals surface area contributed by atoms with Gasteiger partial charge in [-0.25, -0.2) is 4.79 Å². The molecule has 11 heavy (non-hydrogen) atoms. The van der Waals surface area contributed by atoms with E-state index in [1.807, 2.05) is 13.8 Å². The molecule has 1 rings (SSSR count). The highest BCUT2D eigenvalue weighted by Crippen LogP contribution is 2.38. The summed E-state index contributed by atoms with van der Waals surface area (Å²) in [5.41, 5.74) is -0.210. The molecule has 1 amide bonds. The number of ether oxygens (including phenoxy) is 1. The van der Waals surface area contributed by atoms with Crippen LogP contribution >= 0.6 is 0 Å². The standard InChI is InChI=1S/C7H13NO3/c1-3-7(5(2)11-7)4-8-6(9)10/h5,8H,3-4H2,1-2H3,(H,9,10). The van der Waals surface area contributed by atoms with Crippen molar-refractivity contribution < 1.29 is 14.6 Å². The van der Waals surface area contributed by atoms with E-state index in [1.54, 1.807) is 0 Å². The van der Waals surface area contributed by atoms with E-state index in [9.17, 15) is 4.79 Å². The molecule has 0 aromatic rings. The molecule has 1 aliphatic rings. The summed E-state index contributed by atoms with van der Waals surface area (Å²) in [6, 6.07) is 0. The third-order valence-electron chi connectivity index (χ3n) is 2.23. The molecular weight excluding hydrogens is 146 g/mol. The Hall–Kier alpha value is -0.770. The van der Waals surface area contributed by atoms with E-state index in [1.165, 1.54) is 0 Å². The van der Waals surface area contributed by atoms with E-state index in [0.717, 1.165) is 6.42 Å². The molecule has 2 atom stereocenters. The van der Waals surface area contributed by atoms with Crippen LogP contribution in [0.25, 0.3) is 0 Å². The van der Waals surface area contributed by atoms with Crippen molar-refractivity contribution in [3.05, 3.63) is 0 Å². The van der Waals surface area contributed by atoms with Gasteiger partial charge in [0.25, 0.3) is 0 Å². The molecule has 0 saturated carbocycles. The fourth-order valence-corrected chi connectivity index (χ4v) is 1.22. The minimum Gasteiger partial charge on any atom is -0.465 e. The van der Waals surface area contributed by atoms with E-state index in [4.69, 9.17) is 9.84 Å². The second kappa shape index (κ2) is 2.70. The van der Waals surface area contributed by atoms with Crippen molar-refractivity contribution in [3.8, 4) is 0 Å². The first-order valence-corrected chi connectivity index (χ1v) is 3.75. The minimum absolute atomic E-state index is 0.194. The summed E-state index contributed by atoms with van der Waals surface area (Å²) < 4.78 is 5.28. The van der Waals surface area contributed by atoms with E-state index >= 15 is 0 Å². The molecule has 0 aliphatic carbocycles. The molecule has 1 aliphatic heterocycles. The van der Waals surface area contributed by atoms with Crippen LogP contribution in [0.4, 0.5) is 4.79 Å². The molecule has 0 bridgehead atoms. The number of carboxylic acid groups (broad SMARTS) is 1. The Morgan fingerprint density at radius 3 is 2.64 bits per heavy atom. The number of epoxide rings is 1. The number of hydrogen-bond donors (Lipinski definition) is 2. The topological polar surface area (TPSA) is 61.9 Å². The lowest BCUT2D eigenvalue weighted by molar-refractivity contribution is 0.188. The van der Waals surface area contributed by atoms with Gasteiger partial charge in [0.05, 0.1) is 12.6 Å². The zero-order valence-corrected chi connectivity index (χ0v) is 6.76. The molecule has 2 N–H and O–H groups in total. The fourth-order valence-electron chi connectivity index (χ4n) is 1.22. The highest BCUT2D eigenvalue weighted by molar-refractivity contribution is 5.64. The molecule has 0 aromatic heterocycles. The first kappa shape index (κ1) is 8.33. The summed E-state index contributed by atoms with van der Waals surface area (Å²) in [5, 5.41) is 10.6. The van der Waals surface area contributed by atoms with Gasteiger partial charge >= 0.3 is 6.09 Å². The van der Waals surface area contributed by atoms with Gasteiger partial charge in [0, 0.05) is 0 Å². The predicted molar refractivity (Wildman–Crippen MR) is 39.6 cm³/mol. The van der Waals surface area contributed by atoms with Crippen molar-refractivity contribution in [1.29, 1.82) is 0 Å². The summed E-state index contributed by atoms with van der Waals surface area (Å²) in [6.07, 6.45) is 0.0638. The lowest BCUT2D eigenvalue weighted by Gasteiger charge is -2.08. The molecule has 2 unspecified atom stereocenters. The van der Waals surface area contributed by atoms with Crippen molar-refractivity contribution in [2.75, 3.05) is 6.54 Å². The molecule has 0 spiro atoms. The number of carbonyl (C=O) groups is 1. The van der Waals surface area contributed by atoms with Crippen molar-refractivity contribution in [2.45, 2.75) is 32.0 Å². The zero-order chi connectivity index (χ0) is 8.48. The smallest absolute Gasteiger partial charge is 0.404 e. The Balaban J connectivity index is 2.30. The lowest BCUT2D eigenvalue weighted by atomic mass is 10.0. The first-order valence-electron chi connectivity index (χ1n) is 3.75. The minimum atomic E-state index is -0.986. The summed E-state index contributed by atoms with van der Waals surface area (Å²) in [6.45, 7) is 4.35. The Kier molecular flexibility index (Phi) is 2.04. The van der Waals surface area contributed by atoms with Gasteiger partial charge in [0.2, 0.25) is 0 Å². The Morgan fingerprint density at radius 2 is 2.36 bits per heavy atom. The number of hydrogen-bond acceptors (Lipinski definition) is 2. The van der Waals surface area contributed by atoms with E-state index < -0.39 is 6.09 Å². The monoisotopic (exact) mass is 159 g/mol. The van der Waals surface area contributed by atoms with Gasteiger partial charge in [-0.3, -0.25) is 0 Å². The molecule has 0 aromatic carbocycles. The SMILES string of the molecule is CCC1(CNC(=O)O)OC1C. The fraction of sp³-hybridized carbons (Fsp3) is 0.857. The molecule has 64 valence electrons. The molecule has 4 heteroatoms. The van der Waals surface area contributed by atoms with Crippen LogP contribution in [0.15, 0.2) is 0 Å². The molecule has 0 radical (unpaired) electrons. The quantitative estimate of drug-likeness (QED) is 0.599. The van der Waals surface area contributed by atoms with Crippen LogP contribution in [0, 0.1) is 0 Å². The largest absolute Gasteiger partial charge is 0.465 e. The van der Waals surface area contributed by atoms with E-state index in [2.05, 4.69) is 5.32 Å². The van der Waals surface area contributed by atoms with Crippen molar-refractivity contribution in [1.82, 2.24) is 5.32 Å². The van der Waals surface area contributed by atoms with Crippen LogP contribution < -0.4 is 5.32 Å². The maximum absolute atomic E-state index is 10.1. The summed E-state index contributed by atoms with van der Waals surface area (Å²) >= 11 is 0. The highest BCUT2D eigenvalue weighted by Gasteiger charge is 2.51. The molecule has 1 saturated heterocycles. The summed E-state index contributed by atoms with van der Waals surface area (Å²) in [4.78, 5) is 10.1. The normalized spacial score (nSPS) is 34.9. The van der Waals surface area contributed by atoms with Gasteiger partial charge in [0.1, 0.15) is 5.60 Å². The van der Waals surface area contributed by atoms with Crippen LogP contribution in [0.3, 0.4) is 0 Å². The average Bonchev–Trinajstić information content (AvgIpc) is 2.59. The second-order valence-electron chi connectivity index (χ2n) is 2.84. The molecule has 1 fully saturated rings. The van der Waals surface area contributed by atoms with Gasteiger partial charge in [-0.05, 0) is 13.3 Å². The average molecular weight is 159 g/mol. The van der Waals surface area contributed by atoms with Crippen molar-refractivity contribution in [2.24, 2.45) is 0 Å². The van der Waals surface area contributed by atoms with Crippen molar-refractivity contribution in [3.63, 3.8) is 0 Å². The van der Waals surface area contributed by atoms with Gasteiger partial charge in [-0.2, -0.15) is 0 Å². The van der Waals surface area contributed by atoms with Crippen LogP contribution in [0.1, 0.15) is 20.3 Å². The first-order chi connectivity index (χ1) is 5.10. The molecular formula is C7H13NO3. The van der Waals surface area contributed by atoms with E-state index in [-0.39, 0.29) is 11.7 Å². The number of amides is 1. The summed E-state index contributed by atoms with van der Waals surface area (Å²) in [7, 11) is 0. The lowest BCUT2D eigenvalue weighted by Crippen LogP contribution is -2.34. The van der Waals surface area contributed by atoms with Crippen LogP contribution in [-0.4, -0.2) is 29.4 Å². The Morgan fingerprint density at radius 1 is 1.82 bits per heavy atom. The van der Waals surface area contributed by atoms with Crippen LogP contribution in [-0.2, 0) is 4.74 Å². The highest BCUT2D eigenvalue weighted by atomic mass is 16.6. The number of nitrogens with one attached hydrogen (secondary N) is 1. The van der Waals surface area contributed by atoms with E-state index in [0.29, 0.717) is 6.54 Å². The third-order valence-corrected chi connectivity index (χ3v) is 2.23. The van der Waals surface area contributed by atoms with Crippen molar-refractivity contribution >= 4 is 6.09 Å². The molecule has 4 nitrogen and oxygen atoms in total. The van der Waals surface area contributed by atoms with Gasteiger partial charge in [-0.15, -0.1) is 0 Å². The Labute approximate surface area is 65.5 Å². The molecule has 1 heterocycles. The number of rotatable bonds is 3. The van der Waals surface area contributed by atoms with Gasteiger partial charge < -0.3 is 15.2 Å². The maximum Gasteiger partial charge on any atom is 0.404 e. The van der Waals surface area contributed by atoms with Gasteiger partial charge in [0.15, 0.2) is 0 Å². The predicted octanol–water partition coefficient (Wildman–Crippen LogP) is 0.822. The van der Waals surface area contributed by atoms with Crippen LogP contribution in [0.2, 0.25) is 0 Å². The third kappa shape index (κ3) is 1.63.